The first-order valence-electron chi connectivity index (χ1n) is 2.56. The summed E-state index contributed by atoms with van der Waals surface area (Å²) in [5.74, 6) is 0. The Morgan fingerprint density at radius 2 is 2.20 bits per heavy atom. The van der Waals surface area contributed by atoms with E-state index in [0.717, 1.165) is 5.41 Å². The van der Waals surface area contributed by atoms with Crippen LogP contribution in [-0.2, 0) is 9.84 Å². The Morgan fingerprint density at radius 1 is 1.60 bits per heavy atom. The number of rotatable bonds is 1. The molecular weight excluding hydrogens is 154 g/mol. The second-order valence-corrected chi connectivity index (χ2v) is 3.55. The Hall–Kier alpha value is -0.880. The van der Waals surface area contributed by atoms with E-state index in [2.05, 4.69) is 4.99 Å². The van der Waals surface area contributed by atoms with Crippen LogP contribution in [0.15, 0.2) is 16.1 Å². The van der Waals surface area contributed by atoms with Gasteiger partial charge in [-0.05, 0) is 0 Å². The summed E-state index contributed by atoms with van der Waals surface area (Å²) in [5.41, 5.74) is 10.5. The van der Waals surface area contributed by atoms with E-state index in [0.29, 0.717) is 5.70 Å². The predicted molar refractivity (Wildman–Crippen MR) is 37.7 cm³/mol. The molecule has 0 spiro atoms. The number of hydrogen-bond donors (Lipinski definition) is 2. The molecule has 0 atom stereocenters. The minimum atomic E-state index is -3.40. The van der Waals surface area contributed by atoms with Crippen molar-refractivity contribution >= 4 is 15.0 Å². The molecule has 4 N–H and O–H groups in total. The highest BCUT2D eigenvalue weighted by Crippen LogP contribution is 2.09. The van der Waals surface area contributed by atoms with Crippen LogP contribution < -0.4 is 11.5 Å². The minimum Gasteiger partial charge on any atom is -0.374 e. The summed E-state index contributed by atoms with van der Waals surface area (Å²) in [5, 5.41) is 0.607. The first kappa shape index (κ1) is 7.23. The van der Waals surface area contributed by atoms with Crippen molar-refractivity contribution in [3.63, 3.8) is 0 Å². The van der Waals surface area contributed by atoms with E-state index in [4.69, 9.17) is 11.5 Å². The van der Waals surface area contributed by atoms with E-state index in [9.17, 15) is 8.42 Å². The summed E-state index contributed by atoms with van der Waals surface area (Å²) in [7, 11) is -3.40. The van der Waals surface area contributed by atoms with Crippen LogP contribution >= 0.6 is 0 Å². The number of sulfone groups is 1. The van der Waals surface area contributed by atoms with Gasteiger partial charge in [0, 0.05) is 6.54 Å². The van der Waals surface area contributed by atoms with Crippen LogP contribution in [0.2, 0.25) is 0 Å². The molecule has 1 rings (SSSR count). The van der Waals surface area contributed by atoms with Crippen molar-refractivity contribution in [1.29, 1.82) is 0 Å². The molecule has 56 valence electrons. The summed E-state index contributed by atoms with van der Waals surface area (Å²) >= 11 is 0. The van der Waals surface area contributed by atoms with Crippen molar-refractivity contribution in [2.45, 2.75) is 0 Å². The van der Waals surface area contributed by atoms with Gasteiger partial charge in [0.15, 0.2) is 0 Å². The molecule has 0 fully saturated rings. The smallest absolute Gasteiger partial charge is 0.234 e. The summed E-state index contributed by atoms with van der Waals surface area (Å²) < 4.78 is 21.5. The van der Waals surface area contributed by atoms with Gasteiger partial charge < -0.3 is 11.5 Å². The Morgan fingerprint density at radius 3 is 2.40 bits per heavy atom. The van der Waals surface area contributed by atoms with E-state index in [1.807, 2.05) is 0 Å². The number of nitrogens with zero attached hydrogens (tertiary/aromatic N) is 1. The molecule has 0 saturated carbocycles. The quantitative estimate of drug-likeness (QED) is 0.490. The van der Waals surface area contributed by atoms with Crippen LogP contribution in [0.3, 0.4) is 0 Å². The highest BCUT2D eigenvalue weighted by atomic mass is 32.2. The fraction of sp³-hybridized carbons (Fsp3) is 0.250. The monoisotopic (exact) mass is 161 g/mol. The molecule has 6 heteroatoms. The Kier molecular flexibility index (Phi) is 1.49. The molecule has 0 saturated heterocycles. The third kappa shape index (κ3) is 1.03. The molecule has 0 aliphatic carbocycles. The molecule has 0 radical (unpaired) electrons. The molecule has 0 aromatic rings. The zero-order valence-electron chi connectivity index (χ0n) is 5.11. The number of aliphatic imine (C=N–C) groups is 1. The van der Waals surface area contributed by atoms with E-state index < -0.39 is 9.84 Å². The Labute approximate surface area is 58.3 Å². The molecular formula is C4H7N3O2S. The summed E-state index contributed by atoms with van der Waals surface area (Å²) in [6.45, 7) is 0.0972. The van der Waals surface area contributed by atoms with Crippen LogP contribution in [-0.4, -0.2) is 20.1 Å². The van der Waals surface area contributed by atoms with E-state index in [1.165, 1.54) is 0 Å². The van der Waals surface area contributed by atoms with Crippen LogP contribution in [0, 0.1) is 0 Å². The maximum absolute atomic E-state index is 10.7. The maximum Gasteiger partial charge on any atom is 0.234 e. The zero-order valence-corrected chi connectivity index (χ0v) is 5.93. The van der Waals surface area contributed by atoms with Gasteiger partial charge in [-0.2, -0.15) is 0 Å². The number of hydrogen-bond acceptors (Lipinski definition) is 5. The van der Waals surface area contributed by atoms with Gasteiger partial charge in [-0.3, -0.25) is 0 Å². The fourth-order valence-electron chi connectivity index (χ4n) is 0.565. The second-order valence-electron chi connectivity index (χ2n) is 1.81. The van der Waals surface area contributed by atoms with Gasteiger partial charge in [0.1, 0.15) is 0 Å². The van der Waals surface area contributed by atoms with Crippen LogP contribution in [0.4, 0.5) is 0 Å². The van der Waals surface area contributed by atoms with Crippen molar-refractivity contribution in [2.24, 2.45) is 16.5 Å². The lowest BCUT2D eigenvalue weighted by Crippen LogP contribution is -2.18. The third-order valence-electron chi connectivity index (χ3n) is 1.05. The average molecular weight is 161 g/mol. The van der Waals surface area contributed by atoms with Crippen molar-refractivity contribution in [3.8, 4) is 0 Å². The van der Waals surface area contributed by atoms with Gasteiger partial charge in [0.25, 0.3) is 0 Å². The van der Waals surface area contributed by atoms with Gasteiger partial charge >= 0.3 is 0 Å². The standard InChI is InChI=1S/C4H7N3O2S/c5-1-3-2-10(8,9)4(6)7-3/h2H,1,5H2,(H2,6,7). The molecule has 1 heterocycles. The largest absolute Gasteiger partial charge is 0.374 e. The average Bonchev–Trinajstić information content (AvgIpc) is 2.08. The lowest BCUT2D eigenvalue weighted by molar-refractivity contribution is 0.615. The molecule has 0 aromatic heterocycles. The fourth-order valence-corrected chi connectivity index (χ4v) is 1.44. The summed E-state index contributed by atoms with van der Waals surface area (Å²) in [6, 6.07) is 0. The van der Waals surface area contributed by atoms with Gasteiger partial charge in [0.05, 0.1) is 11.1 Å². The van der Waals surface area contributed by atoms with Crippen molar-refractivity contribution < 1.29 is 8.42 Å². The lowest BCUT2D eigenvalue weighted by Gasteiger charge is -1.85. The van der Waals surface area contributed by atoms with Crippen molar-refractivity contribution in [1.82, 2.24) is 0 Å². The molecule has 1 aliphatic heterocycles. The van der Waals surface area contributed by atoms with Crippen molar-refractivity contribution in [2.75, 3.05) is 6.54 Å². The third-order valence-corrected chi connectivity index (χ3v) is 2.30. The topological polar surface area (TPSA) is 98.5 Å². The Bertz CT molecular complexity index is 300. The first-order valence-corrected chi connectivity index (χ1v) is 4.11. The van der Waals surface area contributed by atoms with E-state index in [1.54, 1.807) is 0 Å². The molecule has 1 aliphatic rings. The predicted octanol–water partition coefficient (Wildman–Crippen LogP) is -1.47. The number of nitrogens with two attached hydrogens (primary N) is 2. The van der Waals surface area contributed by atoms with Gasteiger partial charge in [-0.1, -0.05) is 0 Å². The SMILES string of the molecule is NCC1=CS(=O)(=O)C(N)=N1. The van der Waals surface area contributed by atoms with Crippen molar-refractivity contribution in [3.05, 3.63) is 11.1 Å². The van der Waals surface area contributed by atoms with Crippen LogP contribution in [0.25, 0.3) is 0 Å². The molecule has 5 nitrogen and oxygen atoms in total. The van der Waals surface area contributed by atoms with Crippen LogP contribution in [0.5, 0.6) is 0 Å². The van der Waals surface area contributed by atoms with Gasteiger partial charge in [0.2, 0.25) is 15.0 Å². The maximum atomic E-state index is 10.7. The zero-order chi connectivity index (χ0) is 7.78. The lowest BCUT2D eigenvalue weighted by atomic mass is 10.5. The molecule has 0 unspecified atom stereocenters. The van der Waals surface area contributed by atoms with Crippen LogP contribution in [0.1, 0.15) is 0 Å². The normalized spacial score (nSPS) is 22.1. The summed E-state index contributed by atoms with van der Waals surface area (Å²) in [4.78, 5) is 3.50. The highest BCUT2D eigenvalue weighted by Gasteiger charge is 2.20. The van der Waals surface area contributed by atoms with E-state index in [-0.39, 0.29) is 11.7 Å². The highest BCUT2D eigenvalue weighted by molar-refractivity contribution is 8.09. The molecule has 0 amide bonds. The molecule has 0 aromatic carbocycles. The minimum absolute atomic E-state index is 0.0972. The number of amidine groups is 1. The van der Waals surface area contributed by atoms with Gasteiger partial charge in [-0.25, -0.2) is 13.4 Å². The van der Waals surface area contributed by atoms with Gasteiger partial charge in [-0.15, -0.1) is 0 Å². The summed E-state index contributed by atoms with van der Waals surface area (Å²) in [6.07, 6.45) is 0. The molecule has 0 bridgehead atoms. The Balaban J connectivity index is 3.12. The second kappa shape index (κ2) is 2.06. The van der Waals surface area contributed by atoms with E-state index >= 15 is 0 Å². The first-order chi connectivity index (χ1) is 4.56. The molecule has 10 heavy (non-hydrogen) atoms.